The van der Waals surface area contributed by atoms with Crippen molar-refractivity contribution in [3.63, 3.8) is 0 Å². The highest BCUT2D eigenvalue weighted by molar-refractivity contribution is 5.76. The Labute approximate surface area is 211 Å². The van der Waals surface area contributed by atoms with Crippen molar-refractivity contribution in [2.75, 3.05) is 7.11 Å². The molecule has 1 unspecified atom stereocenters. The Morgan fingerprint density at radius 3 is 2.53 bits per heavy atom. The van der Waals surface area contributed by atoms with Crippen molar-refractivity contribution in [2.45, 2.75) is 59.0 Å². The van der Waals surface area contributed by atoms with Crippen molar-refractivity contribution in [3.05, 3.63) is 87.8 Å². The zero-order chi connectivity index (χ0) is 25.7. The third-order valence-electron chi connectivity index (χ3n) is 6.68. The molecule has 2 aromatic heterocycles. The van der Waals surface area contributed by atoms with Gasteiger partial charge in [-0.3, -0.25) is 9.59 Å². The summed E-state index contributed by atoms with van der Waals surface area (Å²) < 4.78 is 9.02. The number of aromatic nitrogens is 3. The summed E-state index contributed by atoms with van der Waals surface area (Å²) in [5.74, 6) is 0.652. The summed E-state index contributed by atoms with van der Waals surface area (Å²) >= 11 is 0. The fourth-order valence-corrected chi connectivity index (χ4v) is 4.69. The van der Waals surface area contributed by atoms with Gasteiger partial charge in [0.15, 0.2) is 0 Å². The van der Waals surface area contributed by atoms with E-state index in [1.165, 1.54) is 10.1 Å². The van der Waals surface area contributed by atoms with E-state index in [0.29, 0.717) is 30.0 Å². The van der Waals surface area contributed by atoms with Crippen molar-refractivity contribution in [1.82, 2.24) is 19.5 Å². The van der Waals surface area contributed by atoms with E-state index < -0.39 is 0 Å². The van der Waals surface area contributed by atoms with Crippen LogP contribution in [-0.2, 0) is 24.2 Å². The second-order valence-corrected chi connectivity index (χ2v) is 9.11. The van der Waals surface area contributed by atoms with Crippen molar-refractivity contribution >= 4 is 11.6 Å². The molecule has 4 rings (SSSR count). The van der Waals surface area contributed by atoms with Gasteiger partial charge in [0.05, 0.1) is 12.8 Å². The lowest BCUT2D eigenvalue weighted by Crippen LogP contribution is -2.34. The number of rotatable bonds is 10. The first-order valence-corrected chi connectivity index (χ1v) is 12.5. The second kappa shape index (κ2) is 11.2. The smallest absolute Gasteiger partial charge is 0.277 e. The second-order valence-electron chi connectivity index (χ2n) is 9.11. The number of benzene rings is 2. The number of methoxy groups -OCH3 is 1. The first-order chi connectivity index (χ1) is 17.4. The molecule has 0 bridgehead atoms. The molecule has 1 atom stereocenters. The molecule has 2 aromatic carbocycles. The van der Waals surface area contributed by atoms with Gasteiger partial charge >= 0.3 is 0 Å². The van der Waals surface area contributed by atoms with E-state index in [9.17, 15) is 9.59 Å². The minimum atomic E-state index is -0.182. The van der Waals surface area contributed by atoms with E-state index >= 15 is 0 Å². The van der Waals surface area contributed by atoms with Gasteiger partial charge in [-0.05, 0) is 57.7 Å². The van der Waals surface area contributed by atoms with Gasteiger partial charge < -0.3 is 14.6 Å². The van der Waals surface area contributed by atoms with Crippen LogP contribution in [0.1, 0.15) is 43.5 Å². The van der Waals surface area contributed by atoms with Crippen LogP contribution in [0, 0.1) is 6.92 Å². The van der Waals surface area contributed by atoms with Crippen LogP contribution in [0.25, 0.3) is 16.9 Å². The molecule has 7 heteroatoms. The number of nitrogens with zero attached hydrogens (tertiary/aromatic N) is 3. The van der Waals surface area contributed by atoms with Crippen molar-refractivity contribution in [3.8, 4) is 17.0 Å². The molecule has 36 heavy (non-hydrogen) atoms. The largest absolute Gasteiger partial charge is 0.496 e. The van der Waals surface area contributed by atoms with Crippen LogP contribution in [0.3, 0.4) is 0 Å². The number of carbonyl (C=O) groups is 1. The van der Waals surface area contributed by atoms with E-state index in [0.717, 1.165) is 29.7 Å². The molecule has 188 valence electrons. The normalized spacial score (nSPS) is 12.0. The molecular formula is C29H34N4O3. The first kappa shape index (κ1) is 25.2. The van der Waals surface area contributed by atoms with E-state index in [1.807, 2.05) is 69.3 Å². The Hall–Kier alpha value is -3.87. The summed E-state index contributed by atoms with van der Waals surface area (Å²) in [7, 11) is 1.62. The van der Waals surface area contributed by atoms with Crippen LogP contribution < -0.4 is 15.6 Å². The summed E-state index contributed by atoms with van der Waals surface area (Å²) in [6.07, 6.45) is 2.39. The number of fused-ring (bicyclic) bond motifs is 1. The molecule has 0 spiro atoms. The Morgan fingerprint density at radius 1 is 1.08 bits per heavy atom. The first-order valence-electron chi connectivity index (χ1n) is 12.5. The topological polar surface area (TPSA) is 77.6 Å². The Kier molecular flexibility index (Phi) is 7.88. The molecule has 0 saturated heterocycles. The SMILES string of the molecule is CCn1c(C)c(CCC(=O)NC(C)CCc2ccccc2)c(=O)n2nc(-c3ccccc3OC)cc12. The van der Waals surface area contributed by atoms with Gasteiger partial charge in [0.25, 0.3) is 5.56 Å². The van der Waals surface area contributed by atoms with Gasteiger partial charge in [0.1, 0.15) is 11.4 Å². The molecule has 0 radical (unpaired) electrons. The van der Waals surface area contributed by atoms with Gasteiger partial charge in [0, 0.05) is 41.9 Å². The minimum Gasteiger partial charge on any atom is -0.496 e. The predicted octanol–water partition coefficient (Wildman–Crippen LogP) is 4.57. The summed E-state index contributed by atoms with van der Waals surface area (Å²) in [6.45, 7) is 6.68. The average Bonchev–Trinajstić information content (AvgIpc) is 3.33. The van der Waals surface area contributed by atoms with Crippen molar-refractivity contribution in [1.29, 1.82) is 0 Å². The lowest BCUT2D eigenvalue weighted by molar-refractivity contribution is -0.121. The Bertz CT molecular complexity index is 1410. The van der Waals surface area contributed by atoms with Gasteiger partial charge in [-0.25, -0.2) is 0 Å². The number of aryl methyl sites for hydroxylation is 2. The van der Waals surface area contributed by atoms with Crippen LogP contribution in [0.4, 0.5) is 0 Å². The van der Waals surface area contributed by atoms with Gasteiger partial charge in [-0.15, -0.1) is 0 Å². The quantitative estimate of drug-likeness (QED) is 0.356. The number of hydrogen-bond donors (Lipinski definition) is 1. The molecule has 0 aliphatic rings. The van der Waals surface area contributed by atoms with E-state index in [1.54, 1.807) is 7.11 Å². The minimum absolute atomic E-state index is 0.0484. The molecule has 4 aromatic rings. The van der Waals surface area contributed by atoms with Crippen LogP contribution >= 0.6 is 0 Å². The molecule has 2 heterocycles. The molecule has 0 saturated carbocycles. The van der Waals surface area contributed by atoms with Crippen LogP contribution in [0.15, 0.2) is 65.5 Å². The van der Waals surface area contributed by atoms with Gasteiger partial charge in [-0.1, -0.05) is 42.5 Å². The van der Waals surface area contributed by atoms with Crippen molar-refractivity contribution in [2.24, 2.45) is 0 Å². The zero-order valence-electron chi connectivity index (χ0n) is 21.5. The number of nitrogens with one attached hydrogen (secondary N) is 1. The van der Waals surface area contributed by atoms with Crippen LogP contribution in [-0.4, -0.2) is 33.2 Å². The molecule has 0 aliphatic heterocycles. The number of carbonyl (C=O) groups excluding carboxylic acids is 1. The maximum absolute atomic E-state index is 13.4. The molecule has 1 N–H and O–H groups in total. The van der Waals surface area contributed by atoms with Gasteiger partial charge in [0.2, 0.25) is 5.91 Å². The Morgan fingerprint density at radius 2 is 1.81 bits per heavy atom. The van der Waals surface area contributed by atoms with E-state index in [2.05, 4.69) is 27.1 Å². The van der Waals surface area contributed by atoms with E-state index in [4.69, 9.17) is 4.74 Å². The maximum Gasteiger partial charge on any atom is 0.277 e. The summed E-state index contributed by atoms with van der Waals surface area (Å²) in [5.41, 5.74) is 4.79. The highest BCUT2D eigenvalue weighted by Gasteiger charge is 2.19. The standard InChI is InChI=1S/C29H34N4O3/c1-5-32-21(3)23(17-18-27(34)30-20(2)15-16-22-11-7-6-8-12-22)29(35)33-28(32)19-25(31-33)24-13-9-10-14-26(24)36-4/h6-14,19-20H,5,15-18H2,1-4H3,(H,30,34). The fourth-order valence-electron chi connectivity index (χ4n) is 4.69. The number of para-hydroxylation sites is 1. The molecule has 1 amide bonds. The lowest BCUT2D eigenvalue weighted by Gasteiger charge is -2.16. The van der Waals surface area contributed by atoms with Crippen LogP contribution in [0.2, 0.25) is 0 Å². The Balaban J connectivity index is 1.51. The summed E-state index contributed by atoms with van der Waals surface area (Å²) in [6, 6.07) is 19.9. The van der Waals surface area contributed by atoms with Crippen LogP contribution in [0.5, 0.6) is 5.75 Å². The molecule has 0 fully saturated rings. The lowest BCUT2D eigenvalue weighted by atomic mass is 10.1. The summed E-state index contributed by atoms with van der Waals surface area (Å²) in [4.78, 5) is 26.1. The van der Waals surface area contributed by atoms with Crippen molar-refractivity contribution < 1.29 is 9.53 Å². The molecule has 7 nitrogen and oxygen atoms in total. The molecular weight excluding hydrogens is 452 g/mol. The molecule has 0 aliphatic carbocycles. The monoisotopic (exact) mass is 486 g/mol. The third kappa shape index (κ3) is 5.35. The third-order valence-corrected chi connectivity index (χ3v) is 6.68. The zero-order valence-corrected chi connectivity index (χ0v) is 21.5. The summed E-state index contributed by atoms with van der Waals surface area (Å²) in [5, 5.41) is 7.71. The number of amides is 1. The maximum atomic E-state index is 13.4. The highest BCUT2D eigenvalue weighted by atomic mass is 16.5. The predicted molar refractivity (Wildman–Crippen MR) is 143 cm³/mol. The van der Waals surface area contributed by atoms with E-state index in [-0.39, 0.29) is 23.9 Å². The number of hydrogen-bond acceptors (Lipinski definition) is 4. The van der Waals surface area contributed by atoms with Gasteiger partial charge in [-0.2, -0.15) is 9.61 Å². The highest BCUT2D eigenvalue weighted by Crippen LogP contribution is 2.29. The average molecular weight is 487 g/mol. The number of ether oxygens (including phenoxy) is 1. The fraction of sp³-hybridized carbons (Fsp3) is 0.345.